The van der Waals surface area contributed by atoms with E-state index in [1.165, 1.54) is 6.33 Å². The van der Waals surface area contributed by atoms with E-state index in [-0.39, 0.29) is 5.91 Å². The largest absolute Gasteiger partial charge is 0.495 e. The first-order valence-corrected chi connectivity index (χ1v) is 7.64. The average Bonchev–Trinajstić information content (AvgIpc) is 2.62. The summed E-state index contributed by atoms with van der Waals surface area (Å²) in [4.78, 5) is 20.6. The Kier molecular flexibility index (Phi) is 4.86. The average molecular weight is 322 g/mol. The minimum Gasteiger partial charge on any atom is -0.495 e. The lowest BCUT2D eigenvalue weighted by Gasteiger charge is -2.11. The van der Waals surface area contributed by atoms with E-state index in [0.717, 1.165) is 16.7 Å². The second-order valence-corrected chi connectivity index (χ2v) is 5.16. The van der Waals surface area contributed by atoms with Crippen molar-refractivity contribution in [3.8, 4) is 5.75 Å². The number of carbonyl (C=O) groups excluding carboxylic acids is 1. The van der Waals surface area contributed by atoms with Crippen molar-refractivity contribution in [1.82, 2.24) is 9.97 Å². The third-order valence-corrected chi connectivity index (χ3v) is 3.57. The number of amides is 1. The van der Waals surface area contributed by atoms with E-state index in [1.54, 1.807) is 13.2 Å². The molecule has 3 aromatic rings. The highest BCUT2D eigenvalue weighted by atomic mass is 16.5. The Balaban J connectivity index is 1.59. The molecule has 0 atom stereocenters. The fraction of sp³-hybridized carbons (Fsp3) is 0.167. The molecule has 0 bridgehead atoms. The summed E-state index contributed by atoms with van der Waals surface area (Å²) < 4.78 is 5.22. The second-order valence-electron chi connectivity index (χ2n) is 5.16. The SMILES string of the molecule is COc1ccccc1NC(=O)CCNc1ncnc2ccccc12. The van der Waals surface area contributed by atoms with E-state index in [2.05, 4.69) is 20.6 Å². The molecule has 1 amide bonds. The molecule has 0 saturated carbocycles. The van der Waals surface area contributed by atoms with Crippen molar-refractivity contribution in [2.24, 2.45) is 0 Å². The summed E-state index contributed by atoms with van der Waals surface area (Å²) in [5, 5.41) is 6.97. The van der Waals surface area contributed by atoms with E-state index in [4.69, 9.17) is 4.74 Å². The van der Waals surface area contributed by atoms with Crippen LogP contribution in [0.25, 0.3) is 10.9 Å². The number of aromatic nitrogens is 2. The zero-order valence-electron chi connectivity index (χ0n) is 13.3. The maximum absolute atomic E-state index is 12.1. The van der Waals surface area contributed by atoms with Gasteiger partial charge in [0.15, 0.2) is 0 Å². The van der Waals surface area contributed by atoms with E-state index >= 15 is 0 Å². The van der Waals surface area contributed by atoms with Crippen LogP contribution in [0.3, 0.4) is 0 Å². The number of methoxy groups -OCH3 is 1. The smallest absolute Gasteiger partial charge is 0.226 e. The van der Waals surface area contributed by atoms with Gasteiger partial charge in [-0.3, -0.25) is 4.79 Å². The Labute approximate surface area is 139 Å². The number of anilines is 2. The fourth-order valence-electron chi connectivity index (χ4n) is 2.40. The molecule has 6 nitrogen and oxygen atoms in total. The van der Waals surface area contributed by atoms with E-state index in [9.17, 15) is 4.79 Å². The molecule has 0 unspecified atom stereocenters. The number of carbonyl (C=O) groups is 1. The Morgan fingerprint density at radius 1 is 1.08 bits per heavy atom. The highest BCUT2D eigenvalue weighted by Crippen LogP contribution is 2.23. The lowest BCUT2D eigenvalue weighted by Crippen LogP contribution is -2.17. The van der Waals surface area contributed by atoms with Gasteiger partial charge in [0.1, 0.15) is 17.9 Å². The van der Waals surface area contributed by atoms with Crippen molar-refractivity contribution in [1.29, 1.82) is 0 Å². The minimum atomic E-state index is -0.0923. The van der Waals surface area contributed by atoms with E-state index in [1.807, 2.05) is 42.5 Å². The molecule has 2 aromatic carbocycles. The Hall–Kier alpha value is -3.15. The van der Waals surface area contributed by atoms with Gasteiger partial charge >= 0.3 is 0 Å². The minimum absolute atomic E-state index is 0.0923. The third-order valence-electron chi connectivity index (χ3n) is 3.57. The molecular formula is C18H18N4O2. The van der Waals surface area contributed by atoms with Crippen molar-refractivity contribution in [2.75, 3.05) is 24.3 Å². The van der Waals surface area contributed by atoms with Gasteiger partial charge in [0, 0.05) is 18.4 Å². The molecule has 0 saturated heterocycles. The number of hydrogen-bond acceptors (Lipinski definition) is 5. The van der Waals surface area contributed by atoms with Gasteiger partial charge in [-0.05, 0) is 24.3 Å². The lowest BCUT2D eigenvalue weighted by molar-refractivity contribution is -0.116. The molecule has 2 N–H and O–H groups in total. The number of ether oxygens (including phenoxy) is 1. The summed E-state index contributed by atoms with van der Waals surface area (Å²) in [6.45, 7) is 0.474. The Morgan fingerprint density at radius 2 is 1.88 bits per heavy atom. The summed E-state index contributed by atoms with van der Waals surface area (Å²) in [5.74, 6) is 1.27. The summed E-state index contributed by atoms with van der Waals surface area (Å²) in [6, 6.07) is 15.1. The molecule has 0 aliphatic rings. The number of hydrogen-bond donors (Lipinski definition) is 2. The predicted octanol–water partition coefficient (Wildman–Crippen LogP) is 3.08. The Bertz CT molecular complexity index is 846. The molecular weight excluding hydrogens is 304 g/mol. The zero-order chi connectivity index (χ0) is 16.8. The molecule has 24 heavy (non-hydrogen) atoms. The highest BCUT2D eigenvalue weighted by Gasteiger charge is 2.07. The van der Waals surface area contributed by atoms with E-state index in [0.29, 0.717) is 24.4 Å². The topological polar surface area (TPSA) is 76.1 Å². The highest BCUT2D eigenvalue weighted by molar-refractivity contribution is 5.93. The predicted molar refractivity (Wildman–Crippen MR) is 94.3 cm³/mol. The van der Waals surface area contributed by atoms with Crippen LogP contribution >= 0.6 is 0 Å². The third kappa shape index (κ3) is 3.60. The van der Waals surface area contributed by atoms with Crippen molar-refractivity contribution >= 4 is 28.3 Å². The zero-order valence-corrected chi connectivity index (χ0v) is 13.3. The van der Waals surface area contributed by atoms with Crippen molar-refractivity contribution in [3.05, 3.63) is 54.9 Å². The molecule has 1 aromatic heterocycles. The first-order valence-electron chi connectivity index (χ1n) is 7.64. The summed E-state index contributed by atoms with van der Waals surface area (Å²) in [7, 11) is 1.58. The maximum Gasteiger partial charge on any atom is 0.226 e. The van der Waals surface area contributed by atoms with Crippen molar-refractivity contribution < 1.29 is 9.53 Å². The van der Waals surface area contributed by atoms with Crippen LogP contribution in [0.15, 0.2) is 54.9 Å². The van der Waals surface area contributed by atoms with Gasteiger partial charge in [0.25, 0.3) is 0 Å². The first kappa shape index (κ1) is 15.7. The lowest BCUT2D eigenvalue weighted by atomic mass is 10.2. The summed E-state index contributed by atoms with van der Waals surface area (Å²) in [5.41, 5.74) is 1.53. The summed E-state index contributed by atoms with van der Waals surface area (Å²) >= 11 is 0. The van der Waals surface area contributed by atoms with Gasteiger partial charge in [-0.25, -0.2) is 9.97 Å². The van der Waals surface area contributed by atoms with Gasteiger partial charge in [-0.2, -0.15) is 0 Å². The molecule has 1 heterocycles. The van der Waals surface area contributed by atoms with Gasteiger partial charge in [-0.15, -0.1) is 0 Å². The monoisotopic (exact) mass is 322 g/mol. The number of rotatable bonds is 6. The molecule has 0 radical (unpaired) electrons. The van der Waals surface area contributed by atoms with Crippen molar-refractivity contribution in [2.45, 2.75) is 6.42 Å². The van der Waals surface area contributed by atoms with Crippen LogP contribution in [-0.2, 0) is 4.79 Å². The van der Waals surface area contributed by atoms with E-state index < -0.39 is 0 Å². The van der Waals surface area contributed by atoms with Gasteiger partial charge in [0.05, 0.1) is 18.3 Å². The molecule has 0 spiro atoms. The number of para-hydroxylation sites is 3. The van der Waals surface area contributed by atoms with Gasteiger partial charge in [0.2, 0.25) is 5.91 Å². The fourth-order valence-corrected chi connectivity index (χ4v) is 2.40. The first-order chi connectivity index (χ1) is 11.8. The quantitative estimate of drug-likeness (QED) is 0.729. The normalized spacial score (nSPS) is 10.4. The number of fused-ring (bicyclic) bond motifs is 1. The maximum atomic E-state index is 12.1. The van der Waals surface area contributed by atoms with Crippen LogP contribution in [0.1, 0.15) is 6.42 Å². The number of nitrogens with zero attached hydrogens (tertiary/aromatic N) is 2. The van der Waals surface area contributed by atoms with Crippen LogP contribution in [0.2, 0.25) is 0 Å². The number of nitrogens with one attached hydrogen (secondary N) is 2. The Morgan fingerprint density at radius 3 is 2.75 bits per heavy atom. The summed E-state index contributed by atoms with van der Waals surface area (Å²) in [6.07, 6.45) is 1.83. The van der Waals surface area contributed by atoms with Crippen LogP contribution in [0, 0.1) is 0 Å². The number of benzene rings is 2. The van der Waals surface area contributed by atoms with Crippen LogP contribution in [0.5, 0.6) is 5.75 Å². The van der Waals surface area contributed by atoms with Crippen LogP contribution in [0.4, 0.5) is 11.5 Å². The molecule has 0 fully saturated rings. The van der Waals surface area contributed by atoms with Crippen LogP contribution < -0.4 is 15.4 Å². The van der Waals surface area contributed by atoms with Crippen molar-refractivity contribution in [3.63, 3.8) is 0 Å². The van der Waals surface area contributed by atoms with Crippen LogP contribution in [-0.4, -0.2) is 29.5 Å². The van der Waals surface area contributed by atoms with Gasteiger partial charge < -0.3 is 15.4 Å². The van der Waals surface area contributed by atoms with Gasteiger partial charge in [-0.1, -0.05) is 24.3 Å². The molecule has 0 aliphatic carbocycles. The standard InChI is InChI=1S/C18H18N4O2/c1-24-16-9-5-4-8-15(16)22-17(23)10-11-19-18-13-6-2-3-7-14(13)20-12-21-18/h2-9,12H,10-11H2,1H3,(H,22,23)(H,19,20,21). The molecule has 122 valence electrons. The molecule has 6 heteroatoms. The molecule has 0 aliphatic heterocycles. The second kappa shape index (κ2) is 7.41. The molecule has 3 rings (SSSR count).